The van der Waals surface area contributed by atoms with Crippen LogP contribution in [0.2, 0.25) is 0 Å². The molecule has 1 spiro atoms. The van der Waals surface area contributed by atoms with Crippen LogP contribution in [0.15, 0.2) is 24.4 Å². The van der Waals surface area contributed by atoms with Crippen molar-refractivity contribution < 1.29 is 14.3 Å². The summed E-state index contributed by atoms with van der Waals surface area (Å²) in [6.07, 6.45) is 3.81. The number of nitrogens with zero attached hydrogens (tertiary/aromatic N) is 3. The summed E-state index contributed by atoms with van der Waals surface area (Å²) in [7, 11) is 0. The van der Waals surface area contributed by atoms with Crippen molar-refractivity contribution >= 4 is 11.6 Å². The molecule has 1 N–H and O–H groups in total. The summed E-state index contributed by atoms with van der Waals surface area (Å²) in [6, 6.07) is 5.59. The molecule has 114 valence electrons. The highest BCUT2D eigenvalue weighted by atomic mass is 16.7. The van der Waals surface area contributed by atoms with Gasteiger partial charge in [0.05, 0.1) is 36.5 Å². The average molecular weight is 300 g/mol. The Morgan fingerprint density at radius 3 is 2.95 bits per heavy atom. The number of hydrogen-bond donors (Lipinski definition) is 1. The number of hydrogen-bond acceptors (Lipinski definition) is 5. The van der Waals surface area contributed by atoms with Crippen molar-refractivity contribution in [2.75, 3.05) is 18.5 Å². The third-order valence-corrected chi connectivity index (χ3v) is 3.91. The van der Waals surface area contributed by atoms with Gasteiger partial charge in [0.25, 0.3) is 11.7 Å². The van der Waals surface area contributed by atoms with Gasteiger partial charge in [0.1, 0.15) is 0 Å². The van der Waals surface area contributed by atoms with Gasteiger partial charge in [0, 0.05) is 5.56 Å². The van der Waals surface area contributed by atoms with Crippen LogP contribution in [0.1, 0.15) is 24.6 Å². The smallest absolute Gasteiger partial charge is 0.289 e. The van der Waals surface area contributed by atoms with Crippen molar-refractivity contribution in [1.82, 2.24) is 15.0 Å². The van der Waals surface area contributed by atoms with Gasteiger partial charge in [-0.2, -0.15) is 0 Å². The Hall–Kier alpha value is -2.25. The Balaban J connectivity index is 1.75. The van der Waals surface area contributed by atoms with Crippen LogP contribution in [-0.4, -0.2) is 34.1 Å². The minimum Gasteiger partial charge on any atom is -0.336 e. The zero-order valence-corrected chi connectivity index (χ0v) is 12.2. The van der Waals surface area contributed by atoms with Gasteiger partial charge in [-0.15, -0.1) is 5.10 Å². The van der Waals surface area contributed by atoms with E-state index in [4.69, 9.17) is 9.47 Å². The molecular weight excluding hydrogens is 284 g/mol. The molecule has 2 aliphatic heterocycles. The maximum Gasteiger partial charge on any atom is 0.289 e. The first-order chi connectivity index (χ1) is 10.7. The van der Waals surface area contributed by atoms with Crippen molar-refractivity contribution in [3.63, 3.8) is 0 Å². The molecule has 1 aromatic carbocycles. The lowest BCUT2D eigenvalue weighted by Gasteiger charge is -2.19. The van der Waals surface area contributed by atoms with Gasteiger partial charge in [-0.05, 0) is 24.6 Å². The van der Waals surface area contributed by atoms with Crippen molar-refractivity contribution in [2.24, 2.45) is 0 Å². The van der Waals surface area contributed by atoms with E-state index in [1.54, 1.807) is 4.68 Å². The van der Waals surface area contributed by atoms with Gasteiger partial charge in [-0.1, -0.05) is 18.6 Å². The van der Waals surface area contributed by atoms with Crippen molar-refractivity contribution in [2.45, 2.75) is 25.6 Å². The summed E-state index contributed by atoms with van der Waals surface area (Å²) < 4.78 is 12.9. The van der Waals surface area contributed by atoms with Gasteiger partial charge in [0.2, 0.25) is 0 Å². The lowest BCUT2D eigenvalue weighted by Crippen LogP contribution is -2.35. The maximum atomic E-state index is 12.2. The Labute approximate surface area is 127 Å². The number of benzene rings is 1. The maximum absolute atomic E-state index is 12.2. The van der Waals surface area contributed by atoms with Crippen LogP contribution in [0.3, 0.4) is 0 Å². The molecular formula is C15H16N4O3. The molecule has 0 atom stereocenters. The molecule has 2 aliphatic rings. The number of rotatable bonds is 3. The largest absolute Gasteiger partial charge is 0.336 e. The predicted octanol–water partition coefficient (Wildman–Crippen LogP) is 1.37. The van der Waals surface area contributed by atoms with E-state index in [-0.39, 0.29) is 5.91 Å². The highest BCUT2D eigenvalue weighted by molar-refractivity contribution is 6.04. The van der Waals surface area contributed by atoms with E-state index in [0.29, 0.717) is 24.5 Å². The number of amides is 1. The molecule has 0 saturated carbocycles. The zero-order chi connectivity index (χ0) is 15.2. The molecule has 0 radical (unpaired) electrons. The molecule has 1 aromatic heterocycles. The lowest BCUT2D eigenvalue weighted by atomic mass is 10.1. The van der Waals surface area contributed by atoms with E-state index in [0.717, 1.165) is 24.2 Å². The van der Waals surface area contributed by atoms with Crippen LogP contribution < -0.4 is 5.32 Å². The number of ether oxygens (including phenoxy) is 2. The summed E-state index contributed by atoms with van der Waals surface area (Å²) in [5, 5.41) is 11.1. The zero-order valence-electron chi connectivity index (χ0n) is 12.2. The quantitative estimate of drug-likeness (QED) is 0.926. The minimum atomic E-state index is -1.31. The molecule has 22 heavy (non-hydrogen) atoms. The highest BCUT2D eigenvalue weighted by Crippen LogP contribution is 2.42. The molecule has 0 bridgehead atoms. The van der Waals surface area contributed by atoms with Crippen LogP contribution in [-0.2, 0) is 26.5 Å². The molecule has 2 aromatic rings. The fourth-order valence-electron chi connectivity index (χ4n) is 2.88. The second-order valence-corrected chi connectivity index (χ2v) is 5.40. The first-order valence-electron chi connectivity index (χ1n) is 7.38. The summed E-state index contributed by atoms with van der Waals surface area (Å²) in [6.45, 7) is 2.91. The Bertz CT molecular complexity index is 734. The second-order valence-electron chi connectivity index (χ2n) is 5.40. The van der Waals surface area contributed by atoms with E-state index in [2.05, 4.69) is 22.6 Å². The lowest BCUT2D eigenvalue weighted by molar-refractivity contribution is -0.178. The number of aryl methyl sites for hydroxylation is 1. The van der Waals surface area contributed by atoms with Gasteiger partial charge in [0.15, 0.2) is 0 Å². The Kier molecular flexibility index (Phi) is 2.98. The minimum absolute atomic E-state index is 0.276. The van der Waals surface area contributed by atoms with E-state index in [1.165, 1.54) is 0 Å². The van der Waals surface area contributed by atoms with Crippen molar-refractivity contribution in [3.05, 3.63) is 35.7 Å². The molecule has 3 heterocycles. The number of carbonyl (C=O) groups is 1. The predicted molar refractivity (Wildman–Crippen MR) is 77.6 cm³/mol. The van der Waals surface area contributed by atoms with Crippen LogP contribution >= 0.6 is 0 Å². The summed E-state index contributed by atoms with van der Waals surface area (Å²) in [4.78, 5) is 12.2. The molecule has 0 aliphatic carbocycles. The topological polar surface area (TPSA) is 78.3 Å². The number of aromatic nitrogens is 3. The number of fused-ring (bicyclic) bond motifs is 2. The van der Waals surface area contributed by atoms with Crippen molar-refractivity contribution in [1.29, 1.82) is 0 Å². The molecule has 0 unspecified atom stereocenters. The summed E-state index contributed by atoms with van der Waals surface area (Å²) in [5.74, 6) is -1.58. The fraction of sp³-hybridized carbons (Fsp3) is 0.400. The Morgan fingerprint density at radius 2 is 2.18 bits per heavy atom. The first kappa shape index (κ1) is 13.4. The summed E-state index contributed by atoms with van der Waals surface area (Å²) >= 11 is 0. The molecule has 4 rings (SSSR count). The molecule has 1 fully saturated rings. The average Bonchev–Trinajstić information content (AvgIpc) is 3.22. The summed E-state index contributed by atoms with van der Waals surface area (Å²) in [5.41, 5.74) is 3.17. The number of nitrogens with one attached hydrogen (secondary N) is 1. The SMILES string of the molecule is CCCc1cn(-c2ccc3c(c2)C2(OCCO2)C(=O)N3)nn1. The molecule has 1 amide bonds. The first-order valence-corrected chi connectivity index (χ1v) is 7.38. The molecule has 1 saturated heterocycles. The fourth-order valence-corrected chi connectivity index (χ4v) is 2.88. The van der Waals surface area contributed by atoms with E-state index in [9.17, 15) is 4.79 Å². The van der Waals surface area contributed by atoms with Crippen LogP contribution in [0.25, 0.3) is 5.69 Å². The molecule has 7 nitrogen and oxygen atoms in total. The third kappa shape index (κ3) is 1.86. The van der Waals surface area contributed by atoms with E-state index >= 15 is 0 Å². The number of carbonyl (C=O) groups excluding carboxylic acids is 1. The van der Waals surface area contributed by atoms with E-state index in [1.807, 2.05) is 24.4 Å². The van der Waals surface area contributed by atoms with Crippen LogP contribution in [0.5, 0.6) is 0 Å². The van der Waals surface area contributed by atoms with Gasteiger partial charge in [-0.3, -0.25) is 4.79 Å². The van der Waals surface area contributed by atoms with Gasteiger partial charge < -0.3 is 14.8 Å². The third-order valence-electron chi connectivity index (χ3n) is 3.91. The van der Waals surface area contributed by atoms with Gasteiger partial charge >= 0.3 is 0 Å². The van der Waals surface area contributed by atoms with Crippen LogP contribution in [0, 0.1) is 0 Å². The van der Waals surface area contributed by atoms with Crippen molar-refractivity contribution in [3.8, 4) is 5.69 Å². The standard InChI is InChI=1S/C15H16N4O3/c1-2-3-10-9-19(18-17-10)11-4-5-13-12(8-11)15(14(20)16-13)21-6-7-22-15/h4-5,8-9H,2-3,6-7H2,1H3,(H,16,20). The van der Waals surface area contributed by atoms with E-state index < -0.39 is 5.79 Å². The Morgan fingerprint density at radius 1 is 1.36 bits per heavy atom. The number of anilines is 1. The second kappa shape index (κ2) is 4.89. The normalized spacial score (nSPS) is 18.7. The molecule has 7 heteroatoms. The monoisotopic (exact) mass is 300 g/mol. The van der Waals surface area contributed by atoms with Gasteiger partial charge in [-0.25, -0.2) is 4.68 Å². The highest BCUT2D eigenvalue weighted by Gasteiger charge is 2.52. The van der Waals surface area contributed by atoms with Crippen LogP contribution in [0.4, 0.5) is 5.69 Å².